The quantitative estimate of drug-likeness (QED) is 0.623. The number of nitrogens with one attached hydrogen (secondary N) is 1. The number of rotatable bonds is 1. The number of H-pyrrole nitrogens is 1. The van der Waals surface area contributed by atoms with E-state index in [1.165, 1.54) is 11.8 Å². The first kappa shape index (κ1) is 13.4. The first-order valence-electron chi connectivity index (χ1n) is 6.18. The summed E-state index contributed by atoms with van der Waals surface area (Å²) in [6.07, 6.45) is 11.0. The first-order chi connectivity index (χ1) is 9.60. The van der Waals surface area contributed by atoms with E-state index >= 15 is 0 Å². The molecule has 5 heteroatoms. The molecule has 0 amide bonds. The van der Waals surface area contributed by atoms with E-state index in [2.05, 4.69) is 22.4 Å². The first-order valence-corrected chi connectivity index (χ1v) is 6.97. The van der Waals surface area contributed by atoms with Gasteiger partial charge in [0.1, 0.15) is 5.82 Å². The van der Waals surface area contributed by atoms with Crippen LogP contribution in [0.3, 0.4) is 0 Å². The maximum Gasteiger partial charge on any atom is 0.177 e. The van der Waals surface area contributed by atoms with Crippen LogP contribution in [0.5, 0.6) is 0 Å². The Labute approximate surface area is 126 Å². The number of imidazole rings is 1. The van der Waals surface area contributed by atoms with Crippen molar-refractivity contribution in [3.8, 4) is 12.8 Å². The summed E-state index contributed by atoms with van der Waals surface area (Å²) in [5.74, 6) is 0.183. The number of nitrogens with zero attached hydrogens (tertiary/aromatic N) is 1. The van der Waals surface area contributed by atoms with Gasteiger partial charge < -0.3 is 9.55 Å². The smallest absolute Gasteiger partial charge is 0.177 e. The number of aromatic nitrogens is 2. The number of benzene rings is 1. The molecule has 20 heavy (non-hydrogen) atoms. The predicted molar refractivity (Wildman–Crippen MR) is 80.0 cm³/mol. The summed E-state index contributed by atoms with van der Waals surface area (Å²) in [4.78, 5) is 3.07. The maximum atomic E-state index is 13.5. The Morgan fingerprint density at radius 3 is 2.80 bits per heavy atom. The fourth-order valence-corrected chi connectivity index (χ4v) is 3.71. The van der Waals surface area contributed by atoms with Crippen molar-refractivity contribution >= 4 is 23.8 Å². The number of terminal acetylenes is 1. The van der Waals surface area contributed by atoms with Crippen LogP contribution < -0.4 is 0 Å². The summed E-state index contributed by atoms with van der Waals surface area (Å²) in [7, 11) is 0. The summed E-state index contributed by atoms with van der Waals surface area (Å²) in [5, 5.41) is 0.465. The van der Waals surface area contributed by atoms with Crippen LogP contribution in [-0.2, 0) is 12.0 Å². The summed E-state index contributed by atoms with van der Waals surface area (Å²) < 4.78 is 16.3. The molecule has 0 bridgehead atoms. The highest BCUT2D eigenvalue weighted by Gasteiger charge is 2.61. The Morgan fingerprint density at radius 2 is 2.15 bits per heavy atom. The van der Waals surface area contributed by atoms with Gasteiger partial charge in [-0.3, -0.25) is 0 Å². The molecule has 0 radical (unpaired) electrons. The molecule has 1 saturated carbocycles. The second-order valence-electron chi connectivity index (χ2n) is 5.18. The van der Waals surface area contributed by atoms with E-state index in [1.54, 1.807) is 6.07 Å². The summed E-state index contributed by atoms with van der Waals surface area (Å²) in [6, 6.07) is 4.83. The minimum Gasteiger partial charge on any atom is -0.337 e. The van der Waals surface area contributed by atoms with Crippen molar-refractivity contribution in [2.75, 3.05) is 0 Å². The average Bonchev–Trinajstić information content (AvgIpc) is 2.90. The molecular weight excluding hydrogens is 295 g/mol. The molecule has 2 heterocycles. The van der Waals surface area contributed by atoms with Crippen LogP contribution in [0.1, 0.15) is 23.6 Å². The number of hydrogen-bond acceptors (Lipinski definition) is 1. The van der Waals surface area contributed by atoms with E-state index in [0.717, 1.165) is 23.3 Å². The molecule has 2 aliphatic rings. The van der Waals surface area contributed by atoms with Crippen molar-refractivity contribution in [2.45, 2.75) is 24.3 Å². The standard InChI is InChI=1S/C13H10ClFN2S.C2H2/c14-8-1-7(2-9(15)3-8)13-4-10(13)11-5-16-12(18)17(11)6-13;1-2/h1-3,5,10H,4,6H2,(H,16,18);1-2H/t10?,13-;/m1./s1. The van der Waals surface area contributed by atoms with Gasteiger partial charge in [-0.15, -0.1) is 12.8 Å². The van der Waals surface area contributed by atoms with Gasteiger partial charge in [-0.25, -0.2) is 4.39 Å². The third kappa shape index (κ3) is 1.74. The highest BCUT2D eigenvalue weighted by Crippen LogP contribution is 2.65. The van der Waals surface area contributed by atoms with Crippen molar-refractivity contribution in [3.05, 3.63) is 51.3 Å². The van der Waals surface area contributed by atoms with Gasteiger partial charge in [0.2, 0.25) is 0 Å². The minimum atomic E-state index is -0.265. The largest absolute Gasteiger partial charge is 0.337 e. The molecule has 1 N–H and O–H groups in total. The molecule has 4 rings (SSSR count). The van der Waals surface area contributed by atoms with Crippen LogP contribution in [0.2, 0.25) is 5.02 Å². The van der Waals surface area contributed by atoms with Gasteiger partial charge in [-0.1, -0.05) is 11.6 Å². The Morgan fingerprint density at radius 1 is 1.40 bits per heavy atom. The second-order valence-corrected chi connectivity index (χ2v) is 6.00. The van der Waals surface area contributed by atoms with Crippen LogP contribution in [0.15, 0.2) is 24.4 Å². The molecule has 1 unspecified atom stereocenters. The average molecular weight is 307 g/mol. The Balaban J connectivity index is 0.000000581. The number of hydrogen-bond donors (Lipinski definition) is 1. The number of fused-ring (bicyclic) bond motifs is 3. The molecule has 102 valence electrons. The van der Waals surface area contributed by atoms with Crippen molar-refractivity contribution in [1.82, 2.24) is 9.55 Å². The Kier molecular flexibility index (Phi) is 3.00. The lowest BCUT2D eigenvalue weighted by Gasteiger charge is -2.13. The van der Waals surface area contributed by atoms with Gasteiger partial charge >= 0.3 is 0 Å². The van der Waals surface area contributed by atoms with E-state index in [1.807, 2.05) is 12.3 Å². The summed E-state index contributed by atoms with van der Waals surface area (Å²) >= 11 is 11.2. The molecule has 2 atom stereocenters. The molecule has 1 aromatic carbocycles. The van der Waals surface area contributed by atoms with E-state index in [9.17, 15) is 4.39 Å². The molecule has 1 fully saturated rings. The van der Waals surface area contributed by atoms with Gasteiger partial charge in [0.15, 0.2) is 4.77 Å². The van der Waals surface area contributed by atoms with Gasteiger partial charge in [-0.05, 0) is 42.4 Å². The topological polar surface area (TPSA) is 20.7 Å². The van der Waals surface area contributed by atoms with Gasteiger partial charge in [0.25, 0.3) is 0 Å². The molecule has 2 nitrogen and oxygen atoms in total. The highest BCUT2D eigenvalue weighted by molar-refractivity contribution is 7.71. The molecule has 2 aromatic rings. The minimum absolute atomic E-state index is 0.0176. The zero-order chi connectivity index (χ0) is 14.5. The van der Waals surface area contributed by atoms with Crippen molar-refractivity contribution in [2.24, 2.45) is 0 Å². The van der Waals surface area contributed by atoms with E-state index in [-0.39, 0.29) is 11.2 Å². The molecule has 0 spiro atoms. The van der Waals surface area contributed by atoms with E-state index in [0.29, 0.717) is 10.9 Å². The maximum absolute atomic E-state index is 13.5. The molecule has 1 aliphatic heterocycles. The Hall–Kier alpha value is -1.57. The van der Waals surface area contributed by atoms with Crippen molar-refractivity contribution in [1.29, 1.82) is 0 Å². The lowest BCUT2D eigenvalue weighted by atomic mass is 9.94. The summed E-state index contributed by atoms with van der Waals surface area (Å²) in [6.45, 7) is 0.828. The third-order valence-corrected chi connectivity index (χ3v) is 4.77. The molecule has 1 aromatic heterocycles. The molecule has 1 aliphatic carbocycles. The van der Waals surface area contributed by atoms with Crippen LogP contribution in [-0.4, -0.2) is 9.55 Å². The van der Waals surface area contributed by atoms with Crippen molar-refractivity contribution in [3.63, 3.8) is 0 Å². The summed E-state index contributed by atoms with van der Waals surface area (Å²) in [5.41, 5.74) is 2.25. The highest BCUT2D eigenvalue weighted by atomic mass is 35.5. The zero-order valence-corrected chi connectivity index (χ0v) is 12.1. The van der Waals surface area contributed by atoms with Gasteiger partial charge in [0, 0.05) is 34.8 Å². The fraction of sp³-hybridized carbons (Fsp3) is 0.267. The van der Waals surface area contributed by atoms with Gasteiger partial charge in [-0.2, -0.15) is 0 Å². The Bertz CT molecular complexity index is 740. The van der Waals surface area contributed by atoms with Gasteiger partial charge in [0.05, 0.1) is 0 Å². The van der Waals surface area contributed by atoms with E-state index < -0.39 is 0 Å². The predicted octanol–water partition coefficient (Wildman–Crippen LogP) is 4.03. The number of aromatic amines is 1. The SMILES string of the molecule is C#C.Fc1cc(Cl)cc([C@]23CC2c2c[nH]c(=S)n2C3)c1. The number of halogens is 2. The monoisotopic (exact) mass is 306 g/mol. The molecular formula is C15H12ClFN2S. The lowest BCUT2D eigenvalue weighted by Crippen LogP contribution is -2.12. The third-order valence-electron chi connectivity index (χ3n) is 4.21. The second kappa shape index (κ2) is 4.47. The van der Waals surface area contributed by atoms with Crippen LogP contribution in [0.25, 0.3) is 0 Å². The fourth-order valence-electron chi connectivity index (χ4n) is 3.26. The van der Waals surface area contributed by atoms with Crippen LogP contribution in [0.4, 0.5) is 4.39 Å². The molecule has 0 saturated heterocycles. The van der Waals surface area contributed by atoms with Crippen molar-refractivity contribution < 1.29 is 4.39 Å². The van der Waals surface area contributed by atoms with Crippen LogP contribution in [0, 0.1) is 23.4 Å². The lowest BCUT2D eigenvalue weighted by molar-refractivity contribution is 0.570. The zero-order valence-electron chi connectivity index (χ0n) is 10.6. The van der Waals surface area contributed by atoms with Crippen LogP contribution >= 0.6 is 23.8 Å². The normalized spacial score (nSPS) is 25.3. The van der Waals surface area contributed by atoms with E-state index in [4.69, 9.17) is 23.8 Å².